The van der Waals surface area contributed by atoms with Crippen molar-refractivity contribution >= 4 is 19.0 Å². The van der Waals surface area contributed by atoms with E-state index in [2.05, 4.69) is 4.52 Å². The number of imidazole rings is 1. The van der Waals surface area contributed by atoms with E-state index in [4.69, 9.17) is 14.5 Å². The highest BCUT2D eigenvalue weighted by molar-refractivity contribution is 7.46. The van der Waals surface area contributed by atoms with Crippen LogP contribution in [0.25, 0.3) is 11.2 Å². The first kappa shape index (κ1) is 19.0. The van der Waals surface area contributed by atoms with Gasteiger partial charge in [0.2, 0.25) is 5.52 Å². The monoisotopic (exact) mass is 391 g/mol. The summed E-state index contributed by atoms with van der Waals surface area (Å²) in [5.74, 6) is 0. The number of aromatic nitrogens is 4. The standard InChI is InChI=1S/C13H19N4O8P/c1-14-6-17(11-10(14)12(19)16(3)13(20)15(11)2)9-4-7(18)8(25-9)5-24-26(21,22)23/h6-9,18H,4-5H2,1-3H3,(H-,21,22,23)/p+1/t7-,8+,9+/m0/s1. The molecule has 3 N–H and O–H groups in total. The van der Waals surface area contributed by atoms with Gasteiger partial charge in [-0.25, -0.2) is 23.1 Å². The van der Waals surface area contributed by atoms with Crippen LogP contribution in [0.3, 0.4) is 0 Å². The minimum absolute atomic E-state index is 0.0996. The van der Waals surface area contributed by atoms with Crippen LogP contribution in [0.4, 0.5) is 0 Å². The molecule has 0 unspecified atom stereocenters. The van der Waals surface area contributed by atoms with Crippen LogP contribution < -0.4 is 15.8 Å². The zero-order valence-corrected chi connectivity index (χ0v) is 15.2. The molecule has 0 amide bonds. The summed E-state index contributed by atoms with van der Waals surface area (Å²) in [5.41, 5.74) is -0.386. The molecule has 0 saturated carbocycles. The highest BCUT2D eigenvalue weighted by Crippen LogP contribution is 2.37. The van der Waals surface area contributed by atoms with E-state index in [1.807, 2.05) is 0 Å². The number of phosphoric acid groups is 1. The fourth-order valence-corrected chi connectivity index (χ4v) is 3.48. The molecule has 0 bridgehead atoms. The molecule has 12 nitrogen and oxygen atoms in total. The molecule has 3 atom stereocenters. The molecule has 1 aliphatic heterocycles. The molecule has 0 aliphatic carbocycles. The predicted octanol–water partition coefficient (Wildman–Crippen LogP) is -2.38. The maximum atomic E-state index is 12.4. The number of hydrogen-bond acceptors (Lipinski definition) is 6. The Balaban J connectivity index is 2.01. The Bertz CT molecular complexity index is 1020. The summed E-state index contributed by atoms with van der Waals surface area (Å²) in [6, 6.07) is 0. The van der Waals surface area contributed by atoms with Gasteiger partial charge in [0.25, 0.3) is 5.65 Å². The second kappa shape index (κ2) is 6.41. The Morgan fingerprint density at radius 3 is 2.58 bits per heavy atom. The molecule has 0 spiro atoms. The number of aliphatic hydroxyl groups is 1. The first-order chi connectivity index (χ1) is 12.0. The van der Waals surface area contributed by atoms with Crippen LogP contribution in [0.5, 0.6) is 0 Å². The maximum Gasteiger partial charge on any atom is 0.469 e. The van der Waals surface area contributed by atoms with Gasteiger partial charge in [-0.05, 0) is 0 Å². The second-order valence-corrected chi connectivity index (χ2v) is 7.47. The van der Waals surface area contributed by atoms with E-state index in [9.17, 15) is 19.3 Å². The summed E-state index contributed by atoms with van der Waals surface area (Å²) in [4.78, 5) is 42.2. The number of rotatable bonds is 4. The van der Waals surface area contributed by atoms with E-state index in [0.29, 0.717) is 5.65 Å². The number of nitrogens with zero attached hydrogens (tertiary/aromatic N) is 4. The molecular weight excluding hydrogens is 371 g/mol. The lowest BCUT2D eigenvalue weighted by molar-refractivity contribution is -0.740. The van der Waals surface area contributed by atoms with Gasteiger partial charge in [0, 0.05) is 13.5 Å². The van der Waals surface area contributed by atoms with Crippen molar-refractivity contribution in [2.75, 3.05) is 6.61 Å². The number of ether oxygens (including phenoxy) is 1. The van der Waals surface area contributed by atoms with Crippen molar-refractivity contribution in [1.82, 2.24) is 13.7 Å². The third-order valence-electron chi connectivity index (χ3n) is 4.43. The fraction of sp³-hybridized carbons (Fsp3) is 0.615. The molecule has 1 fully saturated rings. The van der Waals surface area contributed by atoms with Gasteiger partial charge >= 0.3 is 19.1 Å². The van der Waals surface area contributed by atoms with Gasteiger partial charge in [0.05, 0.1) is 26.8 Å². The number of aliphatic hydroxyl groups excluding tert-OH is 1. The number of hydrogen-bond donors (Lipinski definition) is 3. The summed E-state index contributed by atoms with van der Waals surface area (Å²) in [7, 11) is -0.150. The molecule has 26 heavy (non-hydrogen) atoms. The van der Waals surface area contributed by atoms with Crippen LogP contribution in [0.2, 0.25) is 0 Å². The van der Waals surface area contributed by atoms with Crippen LogP contribution in [0.1, 0.15) is 12.6 Å². The van der Waals surface area contributed by atoms with Gasteiger partial charge in [-0.15, -0.1) is 0 Å². The van der Waals surface area contributed by atoms with E-state index >= 15 is 0 Å². The number of fused-ring (bicyclic) bond motifs is 1. The third kappa shape index (κ3) is 3.15. The minimum atomic E-state index is -4.69. The van der Waals surface area contributed by atoms with E-state index in [-0.39, 0.29) is 11.9 Å². The van der Waals surface area contributed by atoms with E-state index < -0.39 is 44.1 Å². The highest BCUT2D eigenvalue weighted by Gasteiger charge is 2.40. The SMILES string of the molecule is Cn1c(=O)c2c(n(C)c1=O)[n+]([C@H]1C[C@H](O)[C@@H](COP(=O)(O)O)O1)cn2C. The zero-order chi connectivity index (χ0) is 19.4. The highest BCUT2D eigenvalue weighted by atomic mass is 31.2. The molecule has 0 radical (unpaired) electrons. The molecule has 13 heteroatoms. The third-order valence-corrected chi connectivity index (χ3v) is 4.91. The summed E-state index contributed by atoms with van der Waals surface area (Å²) in [5, 5.41) is 10.1. The maximum absolute atomic E-state index is 12.4. The van der Waals surface area contributed by atoms with Gasteiger partial charge in [-0.3, -0.25) is 13.9 Å². The first-order valence-electron chi connectivity index (χ1n) is 7.71. The first-order valence-corrected chi connectivity index (χ1v) is 9.24. The van der Waals surface area contributed by atoms with Crippen molar-refractivity contribution in [3.63, 3.8) is 0 Å². The Morgan fingerprint density at radius 2 is 1.96 bits per heavy atom. The van der Waals surface area contributed by atoms with Crippen molar-refractivity contribution in [2.45, 2.75) is 24.9 Å². The van der Waals surface area contributed by atoms with Gasteiger partial charge in [-0.1, -0.05) is 0 Å². The van der Waals surface area contributed by atoms with Crippen LogP contribution in [0, 0.1) is 0 Å². The molecule has 1 saturated heterocycles. The van der Waals surface area contributed by atoms with Crippen molar-refractivity contribution in [3.05, 3.63) is 27.2 Å². The molecule has 2 aromatic rings. The smallest absolute Gasteiger partial charge is 0.390 e. The second-order valence-electron chi connectivity index (χ2n) is 6.23. The lowest BCUT2D eigenvalue weighted by atomic mass is 10.2. The molecule has 1 aliphatic rings. The Hall–Kier alpha value is -1.82. The Labute approximate surface area is 146 Å². The van der Waals surface area contributed by atoms with Crippen LogP contribution in [-0.4, -0.2) is 47.4 Å². The van der Waals surface area contributed by atoms with E-state index in [1.54, 1.807) is 22.5 Å². The van der Waals surface area contributed by atoms with Crippen LogP contribution in [0.15, 0.2) is 15.9 Å². The number of aryl methyl sites for hydroxylation is 2. The largest absolute Gasteiger partial charge is 0.469 e. The predicted molar refractivity (Wildman–Crippen MR) is 86.1 cm³/mol. The molecule has 2 aromatic heterocycles. The Morgan fingerprint density at radius 1 is 1.31 bits per heavy atom. The average molecular weight is 391 g/mol. The van der Waals surface area contributed by atoms with E-state index in [0.717, 1.165) is 4.57 Å². The molecule has 144 valence electrons. The summed E-state index contributed by atoms with van der Waals surface area (Å²) >= 11 is 0. The lowest BCUT2D eigenvalue weighted by Gasteiger charge is -2.14. The minimum Gasteiger partial charge on any atom is -0.390 e. The van der Waals surface area contributed by atoms with Crippen molar-refractivity contribution in [1.29, 1.82) is 0 Å². The topological polar surface area (TPSA) is 149 Å². The molecule has 3 rings (SSSR count). The fourth-order valence-electron chi connectivity index (χ4n) is 3.14. The van der Waals surface area contributed by atoms with Crippen molar-refractivity contribution in [2.24, 2.45) is 21.1 Å². The average Bonchev–Trinajstić information content (AvgIpc) is 3.08. The molecule has 0 aromatic carbocycles. The quantitative estimate of drug-likeness (QED) is 0.386. The van der Waals surface area contributed by atoms with Gasteiger partial charge < -0.3 is 19.6 Å². The van der Waals surface area contributed by atoms with Gasteiger partial charge in [0.1, 0.15) is 6.10 Å². The Kier molecular flexibility index (Phi) is 4.67. The van der Waals surface area contributed by atoms with Crippen LogP contribution in [-0.2, 0) is 35.0 Å². The lowest BCUT2D eigenvalue weighted by Crippen LogP contribution is -2.45. The van der Waals surface area contributed by atoms with Gasteiger partial charge in [0.15, 0.2) is 12.6 Å². The van der Waals surface area contributed by atoms with Crippen molar-refractivity contribution in [3.8, 4) is 0 Å². The summed E-state index contributed by atoms with van der Waals surface area (Å²) < 4.78 is 26.3. The summed E-state index contributed by atoms with van der Waals surface area (Å²) in [6.45, 7) is -0.492. The molecular formula is C13H20N4O8P+. The molecule has 3 heterocycles. The normalized spacial score (nSPS) is 23.8. The van der Waals surface area contributed by atoms with Crippen molar-refractivity contribution < 1.29 is 33.3 Å². The van der Waals surface area contributed by atoms with Crippen LogP contribution >= 0.6 is 7.82 Å². The van der Waals surface area contributed by atoms with Gasteiger partial charge in [-0.2, -0.15) is 0 Å². The summed E-state index contributed by atoms with van der Waals surface area (Å²) in [6.07, 6.45) is -1.06. The zero-order valence-electron chi connectivity index (χ0n) is 14.3. The number of phosphoric ester groups is 1. The van der Waals surface area contributed by atoms with E-state index in [1.165, 1.54) is 18.7 Å².